The van der Waals surface area contributed by atoms with Gasteiger partial charge in [-0.15, -0.1) is 0 Å². The molecule has 140 valence electrons. The van der Waals surface area contributed by atoms with Crippen molar-refractivity contribution in [1.29, 1.82) is 0 Å². The zero-order valence-electron chi connectivity index (χ0n) is 15.4. The van der Waals surface area contributed by atoms with Crippen molar-refractivity contribution in [3.8, 4) is 5.75 Å². The molecule has 0 radical (unpaired) electrons. The van der Waals surface area contributed by atoms with Crippen LogP contribution in [0.2, 0.25) is 0 Å². The first-order valence-corrected chi connectivity index (χ1v) is 9.47. The molecular formula is C21H23N3O3. The summed E-state index contributed by atoms with van der Waals surface area (Å²) in [5.74, 6) is 1.07. The minimum atomic E-state index is -0.0438. The molecule has 4 rings (SSSR count). The summed E-state index contributed by atoms with van der Waals surface area (Å²) in [7, 11) is 0. The molecule has 3 heterocycles. The van der Waals surface area contributed by atoms with Gasteiger partial charge in [0.25, 0.3) is 5.91 Å². The number of hydrogen-bond acceptors (Lipinski definition) is 5. The SMILES string of the molecule is CCC[C@H]1CCCN1C(=O)c1coc(COc2ccc3ncccc3c2)n1. The Morgan fingerprint density at radius 3 is 3.19 bits per heavy atom. The van der Waals surface area contributed by atoms with Gasteiger partial charge in [-0.05, 0) is 43.5 Å². The third-order valence-corrected chi connectivity index (χ3v) is 4.97. The van der Waals surface area contributed by atoms with Crippen LogP contribution in [0.4, 0.5) is 0 Å². The highest BCUT2D eigenvalue weighted by atomic mass is 16.5. The van der Waals surface area contributed by atoms with Crippen LogP contribution in [0.1, 0.15) is 49.0 Å². The predicted molar refractivity (Wildman–Crippen MR) is 102 cm³/mol. The van der Waals surface area contributed by atoms with Gasteiger partial charge in [0, 0.05) is 24.2 Å². The van der Waals surface area contributed by atoms with Crippen molar-refractivity contribution in [2.45, 2.75) is 45.3 Å². The summed E-state index contributed by atoms with van der Waals surface area (Å²) in [5, 5.41) is 1.01. The number of benzene rings is 1. The summed E-state index contributed by atoms with van der Waals surface area (Å²) in [5.41, 5.74) is 1.28. The van der Waals surface area contributed by atoms with Crippen LogP contribution in [0.5, 0.6) is 5.75 Å². The number of likely N-dealkylation sites (tertiary alicyclic amines) is 1. The van der Waals surface area contributed by atoms with E-state index in [4.69, 9.17) is 9.15 Å². The highest BCUT2D eigenvalue weighted by Crippen LogP contribution is 2.24. The minimum Gasteiger partial charge on any atom is -0.484 e. The van der Waals surface area contributed by atoms with Gasteiger partial charge >= 0.3 is 0 Å². The van der Waals surface area contributed by atoms with Crippen LogP contribution in [0.15, 0.2) is 47.2 Å². The molecule has 0 unspecified atom stereocenters. The van der Waals surface area contributed by atoms with Crippen LogP contribution in [0.3, 0.4) is 0 Å². The molecular weight excluding hydrogens is 342 g/mol. The second-order valence-electron chi connectivity index (χ2n) is 6.86. The Kier molecular flexibility index (Phi) is 5.05. The minimum absolute atomic E-state index is 0.0438. The third kappa shape index (κ3) is 3.79. The number of aromatic nitrogens is 2. The predicted octanol–water partition coefficient (Wildman–Crippen LogP) is 4.21. The van der Waals surface area contributed by atoms with Crippen LogP contribution >= 0.6 is 0 Å². The standard InChI is InChI=1S/C21H23N3O3/c1-2-5-16-7-4-11-24(16)21(25)19-13-27-20(23-19)14-26-17-8-9-18-15(12-17)6-3-10-22-18/h3,6,8-10,12-13,16H,2,4-5,7,11,14H2,1H3/t16-/m0/s1. The number of carbonyl (C=O) groups is 1. The summed E-state index contributed by atoms with van der Waals surface area (Å²) in [6.07, 6.45) is 7.45. The lowest BCUT2D eigenvalue weighted by molar-refractivity contribution is 0.0724. The number of oxazole rings is 1. The first-order valence-electron chi connectivity index (χ1n) is 9.47. The fraction of sp³-hybridized carbons (Fsp3) is 0.381. The first kappa shape index (κ1) is 17.5. The van der Waals surface area contributed by atoms with E-state index in [0.29, 0.717) is 23.4 Å². The van der Waals surface area contributed by atoms with E-state index in [0.717, 1.165) is 43.1 Å². The van der Waals surface area contributed by atoms with Crippen LogP contribution in [0, 0.1) is 0 Å². The summed E-state index contributed by atoms with van der Waals surface area (Å²) in [6.45, 7) is 3.13. The maximum absolute atomic E-state index is 12.7. The highest BCUT2D eigenvalue weighted by Gasteiger charge is 2.30. The van der Waals surface area contributed by atoms with Crippen molar-refractivity contribution in [3.05, 3.63) is 54.4 Å². The molecule has 1 amide bonds. The number of pyridine rings is 1. The van der Waals surface area contributed by atoms with Crippen molar-refractivity contribution < 1.29 is 13.9 Å². The van der Waals surface area contributed by atoms with Crippen LogP contribution in [-0.4, -0.2) is 33.4 Å². The third-order valence-electron chi connectivity index (χ3n) is 4.97. The lowest BCUT2D eigenvalue weighted by atomic mass is 10.1. The van der Waals surface area contributed by atoms with E-state index >= 15 is 0 Å². The smallest absolute Gasteiger partial charge is 0.276 e. The fourth-order valence-electron chi connectivity index (χ4n) is 3.65. The molecule has 6 nitrogen and oxygen atoms in total. The molecule has 3 aromatic rings. The quantitative estimate of drug-likeness (QED) is 0.655. The van der Waals surface area contributed by atoms with E-state index in [1.54, 1.807) is 6.20 Å². The second kappa shape index (κ2) is 7.78. The second-order valence-corrected chi connectivity index (χ2v) is 6.86. The van der Waals surface area contributed by atoms with Gasteiger partial charge in [0.1, 0.15) is 12.0 Å². The Labute approximate surface area is 158 Å². The Hall–Kier alpha value is -2.89. The van der Waals surface area contributed by atoms with Gasteiger partial charge in [-0.25, -0.2) is 4.98 Å². The average Bonchev–Trinajstić information content (AvgIpc) is 3.36. The lowest BCUT2D eigenvalue weighted by Gasteiger charge is -2.23. The molecule has 0 N–H and O–H groups in total. The van der Waals surface area contributed by atoms with Crippen molar-refractivity contribution in [1.82, 2.24) is 14.9 Å². The van der Waals surface area contributed by atoms with Gasteiger partial charge in [-0.1, -0.05) is 19.4 Å². The van der Waals surface area contributed by atoms with Gasteiger partial charge in [0.15, 0.2) is 12.3 Å². The maximum Gasteiger partial charge on any atom is 0.276 e. The van der Waals surface area contributed by atoms with Gasteiger partial charge in [-0.2, -0.15) is 0 Å². The molecule has 0 spiro atoms. The van der Waals surface area contributed by atoms with Crippen LogP contribution < -0.4 is 4.74 Å². The Balaban J connectivity index is 1.40. The summed E-state index contributed by atoms with van der Waals surface area (Å²) < 4.78 is 11.2. The van der Waals surface area contributed by atoms with Crippen molar-refractivity contribution in [2.75, 3.05) is 6.54 Å². The molecule has 0 saturated carbocycles. The van der Waals surface area contributed by atoms with E-state index < -0.39 is 0 Å². The molecule has 1 saturated heterocycles. The van der Waals surface area contributed by atoms with E-state index in [-0.39, 0.29) is 12.5 Å². The van der Waals surface area contributed by atoms with Gasteiger partial charge in [-0.3, -0.25) is 9.78 Å². The highest BCUT2D eigenvalue weighted by molar-refractivity contribution is 5.92. The number of amides is 1. The number of fused-ring (bicyclic) bond motifs is 1. The van der Waals surface area contributed by atoms with E-state index in [9.17, 15) is 4.79 Å². The molecule has 1 atom stereocenters. The monoisotopic (exact) mass is 365 g/mol. The number of carbonyl (C=O) groups excluding carboxylic acids is 1. The summed E-state index contributed by atoms with van der Waals surface area (Å²) >= 11 is 0. The molecule has 0 bridgehead atoms. The van der Waals surface area contributed by atoms with E-state index in [1.165, 1.54) is 6.26 Å². The van der Waals surface area contributed by atoms with Crippen LogP contribution in [-0.2, 0) is 6.61 Å². The molecule has 1 aromatic carbocycles. The van der Waals surface area contributed by atoms with Gasteiger partial charge in [0.2, 0.25) is 5.89 Å². The number of ether oxygens (including phenoxy) is 1. The zero-order chi connectivity index (χ0) is 18.6. The van der Waals surface area contributed by atoms with Crippen molar-refractivity contribution in [3.63, 3.8) is 0 Å². The normalized spacial score (nSPS) is 16.8. The molecule has 0 aliphatic carbocycles. The Morgan fingerprint density at radius 2 is 2.30 bits per heavy atom. The summed E-state index contributed by atoms with van der Waals surface area (Å²) in [6, 6.07) is 9.91. The number of rotatable bonds is 6. The molecule has 1 aliphatic heterocycles. The van der Waals surface area contributed by atoms with Gasteiger partial charge < -0.3 is 14.1 Å². The Morgan fingerprint density at radius 1 is 1.37 bits per heavy atom. The van der Waals surface area contributed by atoms with Gasteiger partial charge in [0.05, 0.1) is 5.52 Å². The molecule has 6 heteroatoms. The fourth-order valence-corrected chi connectivity index (χ4v) is 3.65. The number of hydrogen-bond donors (Lipinski definition) is 0. The van der Waals surface area contributed by atoms with E-state index in [1.807, 2.05) is 35.2 Å². The topological polar surface area (TPSA) is 68.5 Å². The molecule has 1 aliphatic rings. The Bertz CT molecular complexity index is 937. The molecule has 27 heavy (non-hydrogen) atoms. The van der Waals surface area contributed by atoms with Crippen LogP contribution in [0.25, 0.3) is 10.9 Å². The number of nitrogens with zero attached hydrogens (tertiary/aromatic N) is 3. The summed E-state index contributed by atoms with van der Waals surface area (Å²) in [4.78, 5) is 23.3. The average molecular weight is 365 g/mol. The lowest BCUT2D eigenvalue weighted by Crippen LogP contribution is -2.35. The maximum atomic E-state index is 12.7. The van der Waals surface area contributed by atoms with Crippen molar-refractivity contribution in [2.24, 2.45) is 0 Å². The molecule has 1 fully saturated rings. The largest absolute Gasteiger partial charge is 0.484 e. The molecule has 2 aromatic heterocycles. The van der Waals surface area contributed by atoms with Crippen molar-refractivity contribution >= 4 is 16.8 Å². The first-order chi connectivity index (χ1) is 13.2. The zero-order valence-corrected chi connectivity index (χ0v) is 15.4. The van der Waals surface area contributed by atoms with E-state index in [2.05, 4.69) is 16.9 Å².